The Morgan fingerprint density at radius 3 is 2.91 bits per heavy atom. The van der Waals surface area contributed by atoms with Crippen molar-refractivity contribution in [2.75, 3.05) is 24.1 Å². The second-order valence-corrected chi connectivity index (χ2v) is 4.71. The molecule has 9 nitrogen and oxygen atoms in total. The molecule has 0 unspecified atom stereocenters. The number of nitrogen functional groups attached to an aromatic ring is 1. The van der Waals surface area contributed by atoms with Crippen LogP contribution in [0.25, 0.3) is 0 Å². The summed E-state index contributed by atoms with van der Waals surface area (Å²) in [6, 6.07) is 0. The van der Waals surface area contributed by atoms with Crippen LogP contribution in [0, 0.1) is 5.41 Å². The van der Waals surface area contributed by atoms with Gasteiger partial charge in [-0.2, -0.15) is 10.1 Å². The van der Waals surface area contributed by atoms with Gasteiger partial charge >= 0.3 is 0 Å². The molecule has 0 aliphatic carbocycles. The summed E-state index contributed by atoms with van der Waals surface area (Å²) < 4.78 is 1.79. The number of aliphatic imine (C=N–C) groups is 1. The third-order valence-electron chi connectivity index (χ3n) is 2.99. The third kappa shape index (κ3) is 4.58. The summed E-state index contributed by atoms with van der Waals surface area (Å²) in [6.45, 7) is 6.05. The number of nitrogens with one attached hydrogen (secondary N) is 3. The number of rotatable bonds is 8. The number of nitrogens with zero attached hydrogens (tertiary/aromatic N) is 5. The largest absolute Gasteiger partial charge is 0.394 e. The number of hydrogen-bond acceptors (Lipinski definition) is 8. The second-order valence-electron chi connectivity index (χ2n) is 4.71. The Kier molecular flexibility index (Phi) is 5.75. The third-order valence-corrected chi connectivity index (χ3v) is 2.99. The van der Waals surface area contributed by atoms with E-state index in [0.717, 1.165) is 18.8 Å². The van der Waals surface area contributed by atoms with Crippen molar-refractivity contribution in [1.82, 2.24) is 25.1 Å². The molecule has 0 aliphatic rings. The summed E-state index contributed by atoms with van der Waals surface area (Å²) in [5.41, 5.74) is 7.64. The van der Waals surface area contributed by atoms with E-state index in [1.165, 1.54) is 12.4 Å². The lowest BCUT2D eigenvalue weighted by atomic mass is 10.4. The lowest BCUT2D eigenvalue weighted by Gasteiger charge is -2.07. The molecule has 0 radical (unpaired) electrons. The van der Waals surface area contributed by atoms with E-state index in [4.69, 9.17) is 11.1 Å². The highest BCUT2D eigenvalue weighted by molar-refractivity contribution is 6.31. The molecule has 9 heteroatoms. The molecule has 0 bridgehead atoms. The molecule has 0 atom stereocenters. The maximum absolute atomic E-state index is 7.38. The minimum absolute atomic E-state index is 0.251. The molecule has 0 aliphatic heterocycles. The van der Waals surface area contributed by atoms with Crippen molar-refractivity contribution in [2.24, 2.45) is 4.99 Å². The van der Waals surface area contributed by atoms with Crippen molar-refractivity contribution in [2.45, 2.75) is 20.4 Å². The van der Waals surface area contributed by atoms with Gasteiger partial charge in [0.2, 0.25) is 0 Å². The predicted molar refractivity (Wildman–Crippen MR) is 92.1 cm³/mol. The molecule has 0 aromatic carbocycles. The van der Waals surface area contributed by atoms with E-state index in [1.54, 1.807) is 10.9 Å². The summed E-state index contributed by atoms with van der Waals surface area (Å²) in [6.07, 6.45) is 6.23. The first-order valence-electron chi connectivity index (χ1n) is 7.37. The van der Waals surface area contributed by atoms with Crippen LogP contribution in [-0.2, 0) is 6.54 Å². The van der Waals surface area contributed by atoms with Crippen molar-refractivity contribution in [1.29, 1.82) is 5.41 Å². The molecular formula is C14H21N9. The first kappa shape index (κ1) is 16.6. The van der Waals surface area contributed by atoms with Gasteiger partial charge in [-0.1, -0.05) is 6.92 Å². The van der Waals surface area contributed by atoms with E-state index in [9.17, 15) is 0 Å². The molecule has 5 N–H and O–H groups in total. The van der Waals surface area contributed by atoms with Gasteiger partial charge in [-0.25, -0.2) is 9.98 Å². The van der Waals surface area contributed by atoms with E-state index in [-0.39, 0.29) is 5.95 Å². The van der Waals surface area contributed by atoms with E-state index < -0.39 is 0 Å². The van der Waals surface area contributed by atoms with Crippen LogP contribution in [0.4, 0.5) is 23.1 Å². The standard InChI is InChI=1S/C14H21N9/c1-3-17-6-10(5-15)21-14-18-8-12(16)13(22-14)20-11-7-19-23(4-2)9-11/h5,7-9,15,17H,3-4,6,16H2,1-2H3,(H,18,20,22). The summed E-state index contributed by atoms with van der Waals surface area (Å²) in [5.74, 6) is 0.711. The SMILES string of the molecule is CCNCC(C=N)=Nc1ncc(N)c(Nc2cnn(CC)c2)n1. The lowest BCUT2D eigenvalue weighted by Crippen LogP contribution is -2.23. The Hall–Kier alpha value is -2.81. The fourth-order valence-corrected chi connectivity index (χ4v) is 1.78. The number of hydrogen-bond donors (Lipinski definition) is 4. The first-order valence-corrected chi connectivity index (χ1v) is 7.37. The highest BCUT2D eigenvalue weighted by Gasteiger charge is 2.07. The molecule has 122 valence electrons. The number of aryl methyl sites for hydroxylation is 1. The number of aromatic nitrogens is 4. The molecule has 2 rings (SSSR count). The van der Waals surface area contributed by atoms with Gasteiger partial charge in [0, 0.05) is 25.5 Å². The van der Waals surface area contributed by atoms with Crippen LogP contribution in [0.15, 0.2) is 23.6 Å². The topological polar surface area (TPSA) is 130 Å². The normalized spacial score (nSPS) is 11.5. The van der Waals surface area contributed by atoms with Crippen LogP contribution >= 0.6 is 0 Å². The van der Waals surface area contributed by atoms with Crippen LogP contribution in [0.2, 0.25) is 0 Å². The average molecular weight is 315 g/mol. The van der Waals surface area contributed by atoms with Crippen LogP contribution in [0.1, 0.15) is 13.8 Å². The summed E-state index contributed by atoms with van der Waals surface area (Å²) in [7, 11) is 0. The fraction of sp³-hybridized carbons (Fsp3) is 0.357. The molecular weight excluding hydrogens is 294 g/mol. The predicted octanol–water partition coefficient (Wildman–Crippen LogP) is 1.35. The fourth-order valence-electron chi connectivity index (χ4n) is 1.78. The van der Waals surface area contributed by atoms with E-state index >= 15 is 0 Å². The molecule has 2 heterocycles. The van der Waals surface area contributed by atoms with Crippen molar-refractivity contribution in [3.8, 4) is 0 Å². The maximum atomic E-state index is 7.38. The summed E-state index contributed by atoms with van der Waals surface area (Å²) in [5, 5.41) is 17.8. The average Bonchev–Trinajstić information content (AvgIpc) is 3.02. The molecule has 0 fully saturated rings. The Balaban J connectivity index is 2.20. The van der Waals surface area contributed by atoms with Gasteiger partial charge in [-0.05, 0) is 13.5 Å². The monoisotopic (exact) mass is 315 g/mol. The van der Waals surface area contributed by atoms with E-state index in [0.29, 0.717) is 23.8 Å². The van der Waals surface area contributed by atoms with Crippen LogP contribution in [0.3, 0.4) is 0 Å². The van der Waals surface area contributed by atoms with Gasteiger partial charge in [0.05, 0.1) is 29.5 Å². The minimum Gasteiger partial charge on any atom is -0.394 e. The Labute approximate surface area is 134 Å². The number of nitrogens with two attached hydrogens (primary N) is 1. The zero-order chi connectivity index (χ0) is 16.7. The van der Waals surface area contributed by atoms with Gasteiger partial charge in [-0.3, -0.25) is 4.68 Å². The zero-order valence-electron chi connectivity index (χ0n) is 13.2. The van der Waals surface area contributed by atoms with Crippen molar-refractivity contribution < 1.29 is 0 Å². The van der Waals surface area contributed by atoms with Crippen molar-refractivity contribution >= 4 is 35.1 Å². The molecule has 0 saturated carbocycles. The summed E-state index contributed by atoms with van der Waals surface area (Å²) >= 11 is 0. The molecule has 23 heavy (non-hydrogen) atoms. The van der Waals surface area contributed by atoms with Crippen LogP contribution in [0.5, 0.6) is 0 Å². The second kappa shape index (κ2) is 7.99. The number of anilines is 3. The molecule has 0 spiro atoms. The zero-order valence-corrected chi connectivity index (χ0v) is 13.2. The van der Waals surface area contributed by atoms with Gasteiger partial charge < -0.3 is 21.8 Å². The minimum atomic E-state index is 0.251. The smallest absolute Gasteiger partial charge is 0.251 e. The first-order chi connectivity index (χ1) is 11.2. The quantitative estimate of drug-likeness (QED) is 0.544. The van der Waals surface area contributed by atoms with E-state index in [2.05, 4.69) is 30.7 Å². The van der Waals surface area contributed by atoms with Gasteiger partial charge in [0.15, 0.2) is 5.82 Å². The summed E-state index contributed by atoms with van der Waals surface area (Å²) in [4.78, 5) is 12.6. The highest BCUT2D eigenvalue weighted by Crippen LogP contribution is 2.21. The highest BCUT2D eigenvalue weighted by atomic mass is 15.3. The van der Waals surface area contributed by atoms with Crippen LogP contribution < -0.4 is 16.4 Å². The molecule has 2 aromatic heterocycles. The molecule has 0 amide bonds. The van der Waals surface area contributed by atoms with Gasteiger partial charge in [0.1, 0.15) is 0 Å². The van der Waals surface area contributed by atoms with Crippen molar-refractivity contribution in [3.05, 3.63) is 18.6 Å². The lowest BCUT2D eigenvalue weighted by molar-refractivity contribution is 0.660. The Morgan fingerprint density at radius 1 is 1.43 bits per heavy atom. The molecule has 0 saturated heterocycles. The van der Waals surface area contributed by atoms with E-state index in [1.807, 2.05) is 20.0 Å². The van der Waals surface area contributed by atoms with Crippen LogP contribution in [-0.4, -0.2) is 44.8 Å². The molecule has 2 aromatic rings. The van der Waals surface area contributed by atoms with Gasteiger partial charge in [-0.15, -0.1) is 0 Å². The van der Waals surface area contributed by atoms with Crippen molar-refractivity contribution in [3.63, 3.8) is 0 Å². The Morgan fingerprint density at radius 2 is 2.26 bits per heavy atom. The van der Waals surface area contributed by atoms with Gasteiger partial charge in [0.25, 0.3) is 5.95 Å². The maximum Gasteiger partial charge on any atom is 0.251 e. The Bertz CT molecular complexity index is 689.